The first-order chi connectivity index (χ1) is 16.4. The van der Waals surface area contributed by atoms with E-state index in [1.165, 1.54) is 192 Å². The number of hydrogen-bond acceptors (Lipinski definition) is 1. The van der Waals surface area contributed by atoms with Gasteiger partial charge in [-0.15, -0.1) is 0 Å². The van der Waals surface area contributed by atoms with Gasteiger partial charge in [0.15, 0.2) is 0 Å². The zero-order chi connectivity index (χ0) is 23.9. The Kier molecular flexibility index (Phi) is 33.7. The van der Waals surface area contributed by atoms with Crippen molar-refractivity contribution in [3.05, 3.63) is 0 Å². The smallest absolute Gasteiger partial charge is 0.00313 e. The van der Waals surface area contributed by atoms with Crippen molar-refractivity contribution in [2.45, 2.75) is 186 Å². The van der Waals surface area contributed by atoms with Crippen molar-refractivity contribution in [3.8, 4) is 0 Å². The topological polar surface area (TPSA) is 0 Å². The van der Waals surface area contributed by atoms with E-state index in [4.69, 9.17) is 0 Å². The largest absolute Gasteiger partial charge is 0.179 e. The maximum Gasteiger partial charge on any atom is 0.00313 e. The van der Waals surface area contributed by atoms with E-state index in [0.29, 0.717) is 0 Å². The second-order valence-electron chi connectivity index (χ2n) is 10.7. The Morgan fingerprint density at radius 3 is 0.545 bits per heavy atom. The molecule has 2 heteroatoms. The molecule has 0 bridgehead atoms. The lowest BCUT2D eigenvalue weighted by atomic mass is 10.0. The number of halogens is 1. The average Bonchev–Trinajstić information content (AvgIpc) is 2.83. The Morgan fingerprint density at radius 2 is 0.394 bits per heavy atom. The molecule has 0 N–H and O–H groups in total. The second kappa shape index (κ2) is 32.8. The van der Waals surface area contributed by atoms with Gasteiger partial charge in [0.25, 0.3) is 0 Å². The summed E-state index contributed by atoms with van der Waals surface area (Å²) >= 11 is 7.80. The molecule has 0 aromatic rings. The Hall–Kier alpha value is 0.830. The zero-order valence-electron chi connectivity index (χ0n) is 22.7. The van der Waals surface area contributed by atoms with Gasteiger partial charge in [-0.1, -0.05) is 189 Å². The van der Waals surface area contributed by atoms with E-state index in [9.17, 15) is 0 Å². The van der Waals surface area contributed by atoms with Crippen LogP contribution in [0.4, 0.5) is 0 Å². The van der Waals surface area contributed by atoms with Crippen LogP contribution in [-0.2, 0) is 0 Å². The van der Waals surface area contributed by atoms with E-state index in [2.05, 4.69) is 28.6 Å². The first-order valence-electron chi connectivity index (χ1n) is 15.6. The maximum atomic E-state index is 4.28. The van der Waals surface area contributed by atoms with Gasteiger partial charge in [-0.2, -0.15) is 12.6 Å². The van der Waals surface area contributed by atoms with Crippen LogP contribution in [0.2, 0.25) is 0 Å². The van der Waals surface area contributed by atoms with E-state index in [1.807, 2.05) is 0 Å². The molecule has 0 amide bonds. The summed E-state index contributed by atoms with van der Waals surface area (Å²) in [6.07, 6.45) is 42.4. The molecule has 0 aromatic heterocycles. The molecule has 0 fully saturated rings. The van der Waals surface area contributed by atoms with Crippen molar-refractivity contribution < 1.29 is 0 Å². The van der Waals surface area contributed by atoms with Crippen LogP contribution in [0.1, 0.15) is 186 Å². The van der Waals surface area contributed by atoms with Gasteiger partial charge in [0, 0.05) is 5.33 Å². The fourth-order valence-electron chi connectivity index (χ4n) is 4.98. The van der Waals surface area contributed by atoms with Gasteiger partial charge in [-0.05, 0) is 18.6 Å². The van der Waals surface area contributed by atoms with Gasteiger partial charge in [0.1, 0.15) is 0 Å². The number of alkyl halides is 1. The van der Waals surface area contributed by atoms with Crippen LogP contribution in [0.15, 0.2) is 0 Å². The van der Waals surface area contributed by atoms with Crippen LogP contribution in [0.3, 0.4) is 0 Å². The normalized spacial score (nSPS) is 11.5. The number of rotatable bonds is 30. The molecule has 0 unspecified atom stereocenters. The minimum atomic E-state index is 1.07. The van der Waals surface area contributed by atoms with Gasteiger partial charge in [0.05, 0.1) is 0 Å². The number of unbranched alkanes of at least 4 members (excludes halogenated alkanes) is 28. The van der Waals surface area contributed by atoms with Gasteiger partial charge in [-0.3, -0.25) is 0 Å². The summed E-state index contributed by atoms with van der Waals surface area (Å²) in [5.41, 5.74) is 0. The molecule has 0 atom stereocenters. The molecular weight excluding hydrogens is 484 g/mol. The van der Waals surface area contributed by atoms with Crippen molar-refractivity contribution in [2.24, 2.45) is 0 Å². The maximum absolute atomic E-state index is 4.28. The third-order valence-electron chi connectivity index (χ3n) is 7.29. The molecule has 0 aliphatic rings. The monoisotopic (exact) mass is 546 g/mol. The fraction of sp³-hybridized carbons (Fsp3) is 1.00. The fourth-order valence-corrected chi connectivity index (χ4v) is 5.60. The first-order valence-corrected chi connectivity index (χ1v) is 17.3. The Labute approximate surface area is 225 Å². The van der Waals surface area contributed by atoms with Crippen LogP contribution in [0.5, 0.6) is 0 Å². The van der Waals surface area contributed by atoms with Crippen LogP contribution < -0.4 is 0 Å². The van der Waals surface area contributed by atoms with Crippen molar-refractivity contribution in [2.75, 3.05) is 11.1 Å². The predicted octanol–water partition coefficient (Wildman–Crippen LogP) is 12.6. The molecule has 0 saturated heterocycles. The minimum Gasteiger partial charge on any atom is -0.179 e. The van der Waals surface area contributed by atoms with Crippen LogP contribution in [0, 0.1) is 0 Å². The number of thiol groups is 1. The SMILES string of the molecule is SCCCCCCCCCCCCCCCCCCCCCCCCCCCCCCCBr. The Morgan fingerprint density at radius 1 is 0.242 bits per heavy atom. The summed E-state index contributed by atoms with van der Waals surface area (Å²) in [5, 5.41) is 1.19. The summed E-state index contributed by atoms with van der Waals surface area (Å²) in [6.45, 7) is 0. The van der Waals surface area contributed by atoms with Crippen LogP contribution in [0.25, 0.3) is 0 Å². The summed E-state index contributed by atoms with van der Waals surface area (Å²) in [6, 6.07) is 0. The van der Waals surface area contributed by atoms with Crippen molar-refractivity contribution in [1.82, 2.24) is 0 Å². The molecule has 0 aliphatic heterocycles. The Balaban J connectivity index is 2.99. The van der Waals surface area contributed by atoms with Gasteiger partial charge in [0.2, 0.25) is 0 Å². The molecule has 0 nitrogen and oxygen atoms in total. The number of hydrogen-bond donors (Lipinski definition) is 1. The van der Waals surface area contributed by atoms with E-state index in [1.54, 1.807) is 0 Å². The standard InChI is InChI=1S/C31H63BrS/c32-30-28-26-24-22-20-18-16-14-12-10-8-6-4-2-1-3-5-7-9-11-13-15-17-19-21-23-25-27-29-31-33/h33H,1-31H2. The van der Waals surface area contributed by atoms with E-state index in [0.717, 1.165) is 5.75 Å². The third-order valence-corrected chi connectivity index (χ3v) is 8.17. The quantitative estimate of drug-likeness (QED) is 0.0516. The van der Waals surface area contributed by atoms with Gasteiger partial charge >= 0.3 is 0 Å². The molecule has 200 valence electrons. The van der Waals surface area contributed by atoms with Crippen LogP contribution in [-0.4, -0.2) is 11.1 Å². The van der Waals surface area contributed by atoms with E-state index in [-0.39, 0.29) is 0 Å². The third kappa shape index (κ3) is 32.8. The molecule has 0 rings (SSSR count). The molecule has 0 heterocycles. The second-order valence-corrected chi connectivity index (χ2v) is 11.9. The highest BCUT2D eigenvalue weighted by atomic mass is 79.9. The lowest BCUT2D eigenvalue weighted by Crippen LogP contribution is -1.85. The van der Waals surface area contributed by atoms with Gasteiger partial charge < -0.3 is 0 Å². The van der Waals surface area contributed by atoms with Crippen molar-refractivity contribution >= 4 is 28.6 Å². The summed E-state index contributed by atoms with van der Waals surface area (Å²) in [4.78, 5) is 0. The van der Waals surface area contributed by atoms with E-state index >= 15 is 0 Å². The molecule has 33 heavy (non-hydrogen) atoms. The molecule has 0 aliphatic carbocycles. The summed E-state index contributed by atoms with van der Waals surface area (Å²) in [7, 11) is 0. The first kappa shape index (κ1) is 33.8. The summed E-state index contributed by atoms with van der Waals surface area (Å²) in [5.74, 6) is 1.07. The Bertz CT molecular complexity index is 290. The molecule has 0 spiro atoms. The van der Waals surface area contributed by atoms with Crippen molar-refractivity contribution in [1.29, 1.82) is 0 Å². The highest BCUT2D eigenvalue weighted by molar-refractivity contribution is 9.09. The predicted molar refractivity (Wildman–Crippen MR) is 162 cm³/mol. The lowest BCUT2D eigenvalue weighted by molar-refractivity contribution is 0.514. The molecule has 0 radical (unpaired) electrons. The highest BCUT2D eigenvalue weighted by Gasteiger charge is 1.96. The van der Waals surface area contributed by atoms with Crippen LogP contribution >= 0.6 is 28.6 Å². The molecular formula is C31H63BrS. The molecule has 0 aromatic carbocycles. The minimum absolute atomic E-state index is 1.07. The molecule has 0 saturated carbocycles. The average molecular weight is 548 g/mol. The van der Waals surface area contributed by atoms with Gasteiger partial charge in [-0.25, -0.2) is 0 Å². The summed E-state index contributed by atoms with van der Waals surface area (Å²) < 4.78 is 0. The lowest BCUT2D eigenvalue weighted by Gasteiger charge is -2.04. The highest BCUT2D eigenvalue weighted by Crippen LogP contribution is 2.16. The van der Waals surface area contributed by atoms with E-state index < -0.39 is 0 Å². The van der Waals surface area contributed by atoms with Crippen molar-refractivity contribution in [3.63, 3.8) is 0 Å². The zero-order valence-corrected chi connectivity index (χ0v) is 25.2.